The van der Waals surface area contributed by atoms with E-state index < -0.39 is 0 Å². The minimum atomic E-state index is -0.319. The summed E-state index contributed by atoms with van der Waals surface area (Å²) in [5, 5.41) is 11.4. The summed E-state index contributed by atoms with van der Waals surface area (Å²) in [6.45, 7) is 7.10. The quantitative estimate of drug-likeness (QED) is 0.733. The molecule has 1 atom stereocenters. The fraction of sp³-hybridized carbons (Fsp3) is 0.500. The molecule has 0 radical (unpaired) electrons. The van der Waals surface area contributed by atoms with Gasteiger partial charge in [0.2, 0.25) is 0 Å². The van der Waals surface area contributed by atoms with E-state index in [1.165, 1.54) is 0 Å². The standard InChI is InChI=1S/C18H25N7S/c1-12(2)9-18(19)11-25(8-7-24(18)3)14-10-26-17(21-14)15-13-5-4-6-20-16(13)23-22-15/h4-6,10,12H,7-9,11,19H2,1-3H3,(H,20,22,23)/t18-/m0/s1. The smallest absolute Gasteiger partial charge is 0.181 e. The summed E-state index contributed by atoms with van der Waals surface area (Å²) >= 11 is 1.62. The zero-order chi connectivity index (χ0) is 18.3. The third kappa shape index (κ3) is 3.08. The molecule has 0 unspecified atom stereocenters. The van der Waals surface area contributed by atoms with Crippen LogP contribution in [0.5, 0.6) is 0 Å². The van der Waals surface area contributed by atoms with E-state index in [4.69, 9.17) is 10.7 Å². The predicted octanol–water partition coefficient (Wildman–Crippen LogP) is 2.53. The van der Waals surface area contributed by atoms with Gasteiger partial charge in [0.05, 0.1) is 12.2 Å². The summed E-state index contributed by atoms with van der Waals surface area (Å²) in [7, 11) is 2.12. The Kier molecular flexibility index (Phi) is 4.42. The number of nitrogens with one attached hydrogen (secondary N) is 1. The molecule has 26 heavy (non-hydrogen) atoms. The SMILES string of the molecule is CC(C)C[C@@]1(N)CN(c2csc(-c3[nH]nc4ncccc34)n2)CCN1C. The molecule has 0 aromatic carbocycles. The van der Waals surface area contributed by atoms with Crippen molar-refractivity contribution >= 4 is 28.2 Å². The van der Waals surface area contributed by atoms with Gasteiger partial charge in [-0.15, -0.1) is 11.3 Å². The van der Waals surface area contributed by atoms with Crippen molar-refractivity contribution in [3.05, 3.63) is 23.7 Å². The molecule has 7 nitrogen and oxygen atoms in total. The number of anilines is 1. The van der Waals surface area contributed by atoms with Crippen LogP contribution >= 0.6 is 11.3 Å². The van der Waals surface area contributed by atoms with Crippen molar-refractivity contribution in [3.63, 3.8) is 0 Å². The molecule has 0 aliphatic carbocycles. The van der Waals surface area contributed by atoms with Crippen LogP contribution in [0.1, 0.15) is 20.3 Å². The minimum absolute atomic E-state index is 0.319. The van der Waals surface area contributed by atoms with Crippen LogP contribution in [0.2, 0.25) is 0 Å². The normalized spacial score (nSPS) is 21.8. The second kappa shape index (κ2) is 6.61. The average molecular weight is 372 g/mol. The van der Waals surface area contributed by atoms with E-state index in [0.717, 1.165) is 53.6 Å². The molecule has 0 spiro atoms. The van der Waals surface area contributed by atoms with Gasteiger partial charge in [-0.05, 0) is 31.5 Å². The topological polar surface area (TPSA) is 87.0 Å². The maximum Gasteiger partial charge on any atom is 0.181 e. The Hall–Kier alpha value is -2.03. The fourth-order valence-electron chi connectivity index (χ4n) is 3.69. The van der Waals surface area contributed by atoms with Crippen molar-refractivity contribution in [2.75, 3.05) is 31.6 Å². The van der Waals surface area contributed by atoms with E-state index in [1.807, 2.05) is 12.1 Å². The van der Waals surface area contributed by atoms with Crippen molar-refractivity contribution in [2.24, 2.45) is 11.7 Å². The molecule has 8 heteroatoms. The van der Waals surface area contributed by atoms with Gasteiger partial charge in [-0.3, -0.25) is 10.00 Å². The number of nitrogens with zero attached hydrogens (tertiary/aromatic N) is 5. The molecule has 4 heterocycles. The number of piperazine rings is 1. The van der Waals surface area contributed by atoms with Crippen molar-refractivity contribution in [1.82, 2.24) is 25.1 Å². The van der Waals surface area contributed by atoms with E-state index in [0.29, 0.717) is 5.92 Å². The first-order valence-corrected chi connectivity index (χ1v) is 9.84. The molecule has 1 fully saturated rings. The number of fused-ring (bicyclic) bond motifs is 1. The molecule has 138 valence electrons. The summed E-state index contributed by atoms with van der Waals surface area (Å²) in [6, 6.07) is 3.94. The summed E-state index contributed by atoms with van der Waals surface area (Å²) in [5.74, 6) is 1.54. The number of thiazole rings is 1. The van der Waals surface area contributed by atoms with Crippen LogP contribution in [0, 0.1) is 5.92 Å². The van der Waals surface area contributed by atoms with Crippen LogP contribution in [0.15, 0.2) is 23.7 Å². The molecule has 4 rings (SSSR count). The van der Waals surface area contributed by atoms with Crippen LogP contribution < -0.4 is 10.6 Å². The van der Waals surface area contributed by atoms with Crippen molar-refractivity contribution < 1.29 is 0 Å². The second-order valence-electron chi connectivity index (χ2n) is 7.53. The van der Waals surface area contributed by atoms with E-state index >= 15 is 0 Å². The van der Waals surface area contributed by atoms with E-state index in [2.05, 4.69) is 51.3 Å². The maximum absolute atomic E-state index is 6.74. The maximum atomic E-state index is 6.74. The van der Waals surface area contributed by atoms with Crippen molar-refractivity contribution in [3.8, 4) is 10.7 Å². The average Bonchev–Trinajstić information content (AvgIpc) is 3.23. The molecule has 0 saturated carbocycles. The lowest BCUT2D eigenvalue weighted by molar-refractivity contribution is 0.0854. The van der Waals surface area contributed by atoms with Gasteiger partial charge in [0.15, 0.2) is 5.65 Å². The zero-order valence-electron chi connectivity index (χ0n) is 15.4. The molecule has 1 aliphatic heterocycles. The van der Waals surface area contributed by atoms with E-state index in [-0.39, 0.29) is 5.66 Å². The fourth-order valence-corrected chi connectivity index (χ4v) is 4.52. The van der Waals surface area contributed by atoms with Crippen LogP contribution in [-0.4, -0.2) is 57.4 Å². The van der Waals surface area contributed by atoms with Crippen LogP contribution in [0.3, 0.4) is 0 Å². The van der Waals surface area contributed by atoms with Gasteiger partial charge >= 0.3 is 0 Å². The highest BCUT2D eigenvalue weighted by Gasteiger charge is 2.37. The monoisotopic (exact) mass is 371 g/mol. The first-order chi connectivity index (χ1) is 12.5. The number of hydrogen-bond acceptors (Lipinski definition) is 7. The van der Waals surface area contributed by atoms with Gasteiger partial charge in [-0.2, -0.15) is 5.10 Å². The number of hydrogen-bond donors (Lipinski definition) is 2. The molecule has 3 aromatic heterocycles. The lowest BCUT2D eigenvalue weighted by Gasteiger charge is -2.48. The predicted molar refractivity (Wildman–Crippen MR) is 106 cm³/mol. The van der Waals surface area contributed by atoms with Gasteiger partial charge in [-0.1, -0.05) is 13.8 Å². The van der Waals surface area contributed by atoms with Gasteiger partial charge in [0.1, 0.15) is 16.5 Å². The Balaban J connectivity index is 1.60. The third-order valence-electron chi connectivity index (χ3n) is 5.05. The van der Waals surface area contributed by atoms with E-state index in [9.17, 15) is 0 Å². The van der Waals surface area contributed by atoms with E-state index in [1.54, 1.807) is 17.5 Å². The van der Waals surface area contributed by atoms with Gasteiger partial charge in [0, 0.05) is 30.1 Å². The molecule has 0 amide bonds. The largest absolute Gasteiger partial charge is 0.351 e. The summed E-state index contributed by atoms with van der Waals surface area (Å²) in [5.41, 5.74) is 8.07. The highest BCUT2D eigenvalue weighted by Crippen LogP contribution is 2.32. The third-order valence-corrected chi connectivity index (χ3v) is 5.90. The van der Waals surface area contributed by atoms with Crippen LogP contribution in [0.4, 0.5) is 5.82 Å². The summed E-state index contributed by atoms with van der Waals surface area (Å²) in [6.07, 6.45) is 2.72. The number of H-pyrrole nitrogens is 1. The summed E-state index contributed by atoms with van der Waals surface area (Å²) in [4.78, 5) is 13.7. The van der Waals surface area contributed by atoms with Crippen LogP contribution in [0.25, 0.3) is 21.7 Å². The molecule has 1 saturated heterocycles. The Labute approximate surface area is 157 Å². The highest BCUT2D eigenvalue weighted by molar-refractivity contribution is 7.13. The highest BCUT2D eigenvalue weighted by atomic mass is 32.1. The Morgan fingerprint density at radius 2 is 2.23 bits per heavy atom. The molecule has 1 aliphatic rings. The molecule has 3 N–H and O–H groups in total. The Morgan fingerprint density at radius 3 is 3.04 bits per heavy atom. The number of aromatic nitrogens is 4. The van der Waals surface area contributed by atoms with Crippen LogP contribution in [-0.2, 0) is 0 Å². The van der Waals surface area contributed by atoms with Gasteiger partial charge in [-0.25, -0.2) is 9.97 Å². The molecular weight excluding hydrogens is 346 g/mol. The van der Waals surface area contributed by atoms with Crippen molar-refractivity contribution in [1.29, 1.82) is 0 Å². The number of likely N-dealkylation sites (N-methyl/N-ethyl adjacent to an activating group) is 1. The van der Waals surface area contributed by atoms with Crippen molar-refractivity contribution in [2.45, 2.75) is 25.9 Å². The lowest BCUT2D eigenvalue weighted by Crippen LogP contribution is -2.66. The first kappa shape index (κ1) is 17.4. The molecular formula is C18H25N7S. The Bertz CT molecular complexity index is 902. The minimum Gasteiger partial charge on any atom is -0.351 e. The second-order valence-corrected chi connectivity index (χ2v) is 8.39. The Morgan fingerprint density at radius 1 is 1.38 bits per heavy atom. The number of rotatable bonds is 4. The number of nitrogens with two attached hydrogens (primary N) is 1. The molecule has 0 bridgehead atoms. The number of pyridine rings is 1. The zero-order valence-corrected chi connectivity index (χ0v) is 16.3. The van der Waals surface area contributed by atoms with Gasteiger partial charge in [0.25, 0.3) is 0 Å². The summed E-state index contributed by atoms with van der Waals surface area (Å²) < 4.78 is 0. The van der Waals surface area contributed by atoms with Gasteiger partial charge < -0.3 is 10.6 Å². The molecule has 3 aromatic rings. The number of aromatic amines is 1. The lowest BCUT2D eigenvalue weighted by atomic mass is 9.94. The first-order valence-electron chi connectivity index (χ1n) is 8.96.